The van der Waals surface area contributed by atoms with Gasteiger partial charge in [-0.15, -0.1) is 0 Å². The summed E-state index contributed by atoms with van der Waals surface area (Å²) >= 11 is 6.08. The second-order valence-corrected chi connectivity index (χ2v) is 6.84. The van der Waals surface area contributed by atoms with Gasteiger partial charge in [0.05, 0.1) is 15.9 Å². The number of carbonyl (C=O) groups is 1. The molecule has 8 heteroatoms. The van der Waals surface area contributed by atoms with Crippen LogP contribution < -0.4 is 10.7 Å². The van der Waals surface area contributed by atoms with Crippen molar-refractivity contribution < 1.29 is 14.1 Å². The first kappa shape index (κ1) is 19.4. The van der Waals surface area contributed by atoms with Gasteiger partial charge in [-0.2, -0.15) is 0 Å². The highest BCUT2D eigenvalue weighted by Gasteiger charge is 2.20. The summed E-state index contributed by atoms with van der Waals surface area (Å²) in [4.78, 5) is 36.3. The Morgan fingerprint density at radius 3 is 2.53 bits per heavy atom. The van der Waals surface area contributed by atoms with Gasteiger partial charge in [-0.05, 0) is 35.9 Å². The fourth-order valence-corrected chi connectivity index (χ4v) is 3.26. The lowest BCUT2D eigenvalue weighted by Gasteiger charge is -2.11. The summed E-state index contributed by atoms with van der Waals surface area (Å²) in [5, 5.41) is 14.3. The SMILES string of the molecule is O=C(Nc1oc2ccccc2c(=O)c1-c1cccc(Cl)c1)c1cccc([N+](=O)[O-])c1. The third kappa shape index (κ3) is 3.66. The lowest BCUT2D eigenvalue weighted by Crippen LogP contribution is -2.16. The smallest absolute Gasteiger partial charge is 0.270 e. The number of amides is 1. The van der Waals surface area contributed by atoms with Gasteiger partial charge in [-0.25, -0.2) is 0 Å². The number of nitro benzene ring substituents is 1. The number of carbonyl (C=O) groups excluding carboxylic acids is 1. The largest absolute Gasteiger partial charge is 0.439 e. The van der Waals surface area contributed by atoms with Crippen LogP contribution in [0.2, 0.25) is 5.02 Å². The van der Waals surface area contributed by atoms with E-state index in [-0.39, 0.29) is 28.1 Å². The van der Waals surface area contributed by atoms with Crippen LogP contribution >= 0.6 is 11.6 Å². The highest BCUT2D eigenvalue weighted by atomic mass is 35.5. The van der Waals surface area contributed by atoms with E-state index in [9.17, 15) is 19.7 Å². The van der Waals surface area contributed by atoms with Crippen LogP contribution in [-0.2, 0) is 0 Å². The van der Waals surface area contributed by atoms with Crippen molar-refractivity contribution in [2.45, 2.75) is 0 Å². The first-order chi connectivity index (χ1) is 14.4. The molecule has 30 heavy (non-hydrogen) atoms. The Balaban J connectivity index is 1.86. The van der Waals surface area contributed by atoms with Crippen LogP contribution in [-0.4, -0.2) is 10.8 Å². The van der Waals surface area contributed by atoms with E-state index in [1.807, 2.05) is 0 Å². The molecule has 0 unspecified atom stereocenters. The number of halogens is 1. The van der Waals surface area contributed by atoms with Crippen LogP contribution in [0.15, 0.2) is 82.0 Å². The fraction of sp³-hybridized carbons (Fsp3) is 0. The maximum absolute atomic E-state index is 13.2. The fourth-order valence-electron chi connectivity index (χ4n) is 3.07. The van der Waals surface area contributed by atoms with Crippen molar-refractivity contribution in [1.29, 1.82) is 0 Å². The van der Waals surface area contributed by atoms with Crippen LogP contribution in [0.1, 0.15) is 10.4 Å². The molecule has 4 rings (SSSR count). The number of hydrogen-bond donors (Lipinski definition) is 1. The number of hydrogen-bond acceptors (Lipinski definition) is 5. The summed E-state index contributed by atoms with van der Waals surface area (Å²) < 4.78 is 5.83. The molecule has 0 bridgehead atoms. The van der Waals surface area contributed by atoms with Crippen molar-refractivity contribution in [3.63, 3.8) is 0 Å². The molecule has 4 aromatic rings. The summed E-state index contributed by atoms with van der Waals surface area (Å²) in [5.41, 5.74) is 0.386. The van der Waals surface area contributed by atoms with Crippen molar-refractivity contribution in [2.24, 2.45) is 0 Å². The molecule has 0 aliphatic carbocycles. The maximum Gasteiger partial charge on any atom is 0.270 e. The van der Waals surface area contributed by atoms with Gasteiger partial charge in [0.25, 0.3) is 11.6 Å². The summed E-state index contributed by atoms with van der Waals surface area (Å²) in [6.45, 7) is 0. The standard InChI is InChI=1S/C22H13ClN2O5/c23-15-7-3-5-13(11-15)19-20(26)17-9-1-2-10-18(17)30-22(19)24-21(27)14-6-4-8-16(12-14)25(28)29/h1-12H,(H,24,27). The monoisotopic (exact) mass is 420 g/mol. The zero-order valence-electron chi connectivity index (χ0n) is 15.3. The number of fused-ring (bicyclic) bond motifs is 1. The second-order valence-electron chi connectivity index (χ2n) is 6.40. The Labute approximate surface area is 174 Å². The van der Waals surface area contributed by atoms with E-state index in [1.54, 1.807) is 48.5 Å². The number of non-ortho nitro benzene ring substituents is 1. The summed E-state index contributed by atoms with van der Waals surface area (Å²) in [6.07, 6.45) is 0. The Morgan fingerprint density at radius 2 is 1.77 bits per heavy atom. The molecule has 3 aromatic carbocycles. The minimum absolute atomic E-state index is 0.0528. The van der Waals surface area contributed by atoms with Gasteiger partial charge < -0.3 is 4.42 Å². The first-order valence-electron chi connectivity index (χ1n) is 8.81. The molecule has 1 aromatic heterocycles. The van der Waals surface area contributed by atoms with Gasteiger partial charge in [0, 0.05) is 22.7 Å². The van der Waals surface area contributed by atoms with Gasteiger partial charge in [-0.1, -0.05) is 41.9 Å². The van der Waals surface area contributed by atoms with E-state index in [4.69, 9.17) is 16.0 Å². The lowest BCUT2D eigenvalue weighted by molar-refractivity contribution is -0.384. The van der Waals surface area contributed by atoms with E-state index < -0.39 is 10.8 Å². The van der Waals surface area contributed by atoms with Crippen molar-refractivity contribution in [3.8, 4) is 11.1 Å². The molecule has 1 N–H and O–H groups in total. The summed E-state index contributed by atoms with van der Waals surface area (Å²) in [7, 11) is 0. The van der Waals surface area contributed by atoms with Gasteiger partial charge in [0.2, 0.25) is 11.3 Å². The molecule has 7 nitrogen and oxygen atoms in total. The minimum atomic E-state index is -0.652. The van der Waals surface area contributed by atoms with E-state index in [1.165, 1.54) is 18.2 Å². The molecule has 0 fully saturated rings. The molecule has 1 heterocycles. The van der Waals surface area contributed by atoms with E-state index in [2.05, 4.69) is 5.32 Å². The average molecular weight is 421 g/mol. The summed E-state index contributed by atoms with van der Waals surface area (Å²) in [5.74, 6) is -0.724. The molecular weight excluding hydrogens is 408 g/mol. The molecule has 0 radical (unpaired) electrons. The molecular formula is C22H13ClN2O5. The van der Waals surface area contributed by atoms with Crippen molar-refractivity contribution in [2.75, 3.05) is 5.32 Å². The third-order valence-corrected chi connectivity index (χ3v) is 4.69. The molecule has 0 saturated carbocycles. The molecule has 0 atom stereocenters. The van der Waals surface area contributed by atoms with Gasteiger partial charge in [-0.3, -0.25) is 25.0 Å². The van der Waals surface area contributed by atoms with E-state index in [0.717, 1.165) is 6.07 Å². The number of para-hydroxylation sites is 1. The normalized spacial score (nSPS) is 10.7. The van der Waals surface area contributed by atoms with Crippen LogP contribution in [0, 0.1) is 10.1 Å². The van der Waals surface area contributed by atoms with Crippen LogP contribution in [0.4, 0.5) is 11.6 Å². The van der Waals surface area contributed by atoms with Crippen molar-refractivity contribution in [1.82, 2.24) is 0 Å². The highest BCUT2D eigenvalue weighted by Crippen LogP contribution is 2.30. The van der Waals surface area contributed by atoms with Crippen molar-refractivity contribution in [3.05, 3.63) is 104 Å². The topological polar surface area (TPSA) is 102 Å². The Hall–Kier alpha value is -3.97. The predicted molar refractivity (Wildman–Crippen MR) is 114 cm³/mol. The number of nitrogens with zero attached hydrogens (tertiary/aromatic N) is 1. The Morgan fingerprint density at radius 1 is 1.00 bits per heavy atom. The molecule has 0 aliphatic heterocycles. The predicted octanol–water partition coefficient (Wildman–Crippen LogP) is 5.27. The Kier molecular flexibility index (Phi) is 5.04. The molecule has 0 spiro atoms. The van der Waals surface area contributed by atoms with Crippen molar-refractivity contribution >= 4 is 40.0 Å². The minimum Gasteiger partial charge on any atom is -0.439 e. The number of benzene rings is 3. The molecule has 148 valence electrons. The van der Waals surface area contributed by atoms with Crippen LogP contribution in [0.3, 0.4) is 0 Å². The second kappa shape index (κ2) is 7.81. The van der Waals surface area contributed by atoms with E-state index >= 15 is 0 Å². The van der Waals surface area contributed by atoms with Gasteiger partial charge >= 0.3 is 0 Å². The highest BCUT2D eigenvalue weighted by molar-refractivity contribution is 6.30. The Bertz CT molecular complexity index is 1360. The maximum atomic E-state index is 13.2. The lowest BCUT2D eigenvalue weighted by atomic mass is 10.0. The molecule has 0 saturated heterocycles. The van der Waals surface area contributed by atoms with Crippen LogP contribution in [0.5, 0.6) is 0 Å². The average Bonchev–Trinajstić information content (AvgIpc) is 2.74. The number of nitrogens with one attached hydrogen (secondary N) is 1. The summed E-state index contributed by atoms with van der Waals surface area (Å²) in [6, 6.07) is 18.5. The third-order valence-electron chi connectivity index (χ3n) is 4.46. The zero-order chi connectivity index (χ0) is 21.3. The van der Waals surface area contributed by atoms with E-state index in [0.29, 0.717) is 21.6 Å². The first-order valence-corrected chi connectivity index (χ1v) is 9.19. The zero-order valence-corrected chi connectivity index (χ0v) is 16.1. The van der Waals surface area contributed by atoms with Gasteiger partial charge in [0.15, 0.2) is 0 Å². The van der Waals surface area contributed by atoms with Crippen LogP contribution in [0.25, 0.3) is 22.1 Å². The molecule has 0 aliphatic rings. The number of nitro groups is 1. The number of anilines is 1. The molecule has 1 amide bonds. The quantitative estimate of drug-likeness (QED) is 0.357. The van der Waals surface area contributed by atoms with Gasteiger partial charge in [0.1, 0.15) is 5.58 Å². The number of rotatable bonds is 4.